The molecule has 0 amide bonds. The third-order valence-electron chi connectivity index (χ3n) is 3.47. The van der Waals surface area contributed by atoms with Crippen molar-refractivity contribution in [2.24, 2.45) is 0 Å². The fraction of sp³-hybridized carbons (Fsp3) is 0.188. The van der Waals surface area contributed by atoms with Gasteiger partial charge in [0.2, 0.25) is 0 Å². The Bertz CT molecular complexity index is 817. The number of aromatic nitrogens is 2. The SMILES string of the molecule is CCc1cccc(-n2c(=S)[nH]c3cc(OC)ccc32)c1. The molecule has 0 spiro atoms. The molecular formula is C16H16N2OS. The molecule has 1 aromatic heterocycles. The second kappa shape index (κ2) is 5.13. The molecule has 0 bridgehead atoms. The summed E-state index contributed by atoms with van der Waals surface area (Å²) in [7, 11) is 1.66. The molecule has 0 saturated heterocycles. The highest BCUT2D eigenvalue weighted by Gasteiger charge is 2.07. The molecule has 4 heteroatoms. The lowest BCUT2D eigenvalue weighted by Gasteiger charge is -2.07. The highest BCUT2D eigenvalue weighted by atomic mass is 32.1. The summed E-state index contributed by atoms with van der Waals surface area (Å²) in [6.07, 6.45) is 1.01. The normalized spacial score (nSPS) is 10.9. The molecule has 0 radical (unpaired) electrons. The number of imidazole rings is 1. The van der Waals surface area contributed by atoms with E-state index in [1.165, 1.54) is 5.56 Å². The van der Waals surface area contributed by atoms with Crippen molar-refractivity contribution in [1.82, 2.24) is 9.55 Å². The number of benzene rings is 2. The molecule has 0 aliphatic rings. The molecule has 0 saturated carbocycles. The van der Waals surface area contributed by atoms with E-state index in [9.17, 15) is 0 Å². The Morgan fingerprint density at radius 3 is 2.80 bits per heavy atom. The fourth-order valence-electron chi connectivity index (χ4n) is 2.39. The minimum Gasteiger partial charge on any atom is -0.497 e. The van der Waals surface area contributed by atoms with E-state index in [1.54, 1.807) is 7.11 Å². The van der Waals surface area contributed by atoms with Gasteiger partial charge >= 0.3 is 0 Å². The van der Waals surface area contributed by atoms with Crippen LogP contribution in [0.15, 0.2) is 42.5 Å². The lowest BCUT2D eigenvalue weighted by Crippen LogP contribution is -1.95. The Kier molecular flexibility index (Phi) is 3.32. The van der Waals surface area contributed by atoms with Crippen LogP contribution in [0.2, 0.25) is 0 Å². The van der Waals surface area contributed by atoms with Crippen molar-refractivity contribution in [3.8, 4) is 11.4 Å². The molecule has 102 valence electrons. The van der Waals surface area contributed by atoms with Crippen LogP contribution >= 0.6 is 12.2 Å². The average molecular weight is 284 g/mol. The maximum Gasteiger partial charge on any atom is 0.182 e. The number of nitrogens with zero attached hydrogens (tertiary/aromatic N) is 1. The van der Waals surface area contributed by atoms with Gasteiger partial charge in [-0.1, -0.05) is 19.1 Å². The summed E-state index contributed by atoms with van der Waals surface area (Å²) in [5.74, 6) is 0.822. The number of rotatable bonds is 3. The van der Waals surface area contributed by atoms with Gasteiger partial charge < -0.3 is 9.72 Å². The van der Waals surface area contributed by atoms with E-state index in [-0.39, 0.29) is 0 Å². The van der Waals surface area contributed by atoms with Crippen molar-refractivity contribution in [3.05, 3.63) is 52.8 Å². The summed E-state index contributed by atoms with van der Waals surface area (Å²) in [4.78, 5) is 3.24. The van der Waals surface area contributed by atoms with Crippen LogP contribution in [0.25, 0.3) is 16.7 Å². The predicted octanol–water partition coefficient (Wildman–Crippen LogP) is 4.26. The summed E-state index contributed by atoms with van der Waals surface area (Å²) < 4.78 is 8.00. The zero-order chi connectivity index (χ0) is 14.1. The van der Waals surface area contributed by atoms with Crippen molar-refractivity contribution < 1.29 is 4.74 Å². The monoisotopic (exact) mass is 284 g/mol. The molecule has 3 aromatic rings. The van der Waals surface area contributed by atoms with Gasteiger partial charge in [0.25, 0.3) is 0 Å². The fourth-order valence-corrected chi connectivity index (χ4v) is 2.70. The molecule has 20 heavy (non-hydrogen) atoms. The molecule has 1 N–H and O–H groups in total. The van der Waals surface area contributed by atoms with Gasteiger partial charge in [0.15, 0.2) is 4.77 Å². The first-order valence-corrected chi connectivity index (χ1v) is 7.02. The van der Waals surface area contributed by atoms with Crippen molar-refractivity contribution in [3.63, 3.8) is 0 Å². The van der Waals surface area contributed by atoms with Crippen molar-refractivity contribution in [2.45, 2.75) is 13.3 Å². The largest absolute Gasteiger partial charge is 0.497 e. The zero-order valence-corrected chi connectivity index (χ0v) is 12.3. The first kappa shape index (κ1) is 12.9. The minimum atomic E-state index is 0.696. The smallest absolute Gasteiger partial charge is 0.182 e. The number of hydrogen-bond acceptors (Lipinski definition) is 2. The van der Waals surface area contributed by atoms with Crippen LogP contribution in [-0.4, -0.2) is 16.7 Å². The van der Waals surface area contributed by atoms with Crippen molar-refractivity contribution >= 4 is 23.3 Å². The van der Waals surface area contributed by atoms with E-state index >= 15 is 0 Å². The van der Waals surface area contributed by atoms with Gasteiger partial charge in [0.05, 0.1) is 18.1 Å². The number of H-pyrrole nitrogens is 1. The lowest BCUT2D eigenvalue weighted by molar-refractivity contribution is 0.415. The standard InChI is InChI=1S/C16H16N2OS/c1-3-11-5-4-6-12(9-11)18-15-8-7-13(19-2)10-14(15)17-16(18)20/h4-10H,3H2,1-2H3,(H,17,20). The maximum absolute atomic E-state index is 5.46. The van der Waals surface area contributed by atoms with Crippen LogP contribution in [0.5, 0.6) is 5.75 Å². The first-order valence-electron chi connectivity index (χ1n) is 6.61. The summed E-state index contributed by atoms with van der Waals surface area (Å²) in [5.41, 5.74) is 4.43. The third kappa shape index (κ3) is 2.12. The Morgan fingerprint density at radius 1 is 1.20 bits per heavy atom. The Morgan fingerprint density at radius 2 is 2.05 bits per heavy atom. The molecule has 0 atom stereocenters. The quantitative estimate of drug-likeness (QED) is 0.728. The molecular weight excluding hydrogens is 268 g/mol. The van der Waals surface area contributed by atoms with Gasteiger partial charge in [0.1, 0.15) is 5.75 Å². The van der Waals surface area contributed by atoms with Crippen LogP contribution in [0.1, 0.15) is 12.5 Å². The predicted molar refractivity (Wildman–Crippen MR) is 84.4 cm³/mol. The van der Waals surface area contributed by atoms with Crippen molar-refractivity contribution in [1.29, 1.82) is 0 Å². The Labute approximate surface area is 122 Å². The van der Waals surface area contributed by atoms with E-state index in [1.807, 2.05) is 18.2 Å². The van der Waals surface area contributed by atoms with Gasteiger partial charge in [-0.15, -0.1) is 0 Å². The molecule has 0 aliphatic carbocycles. The molecule has 2 aromatic carbocycles. The van der Waals surface area contributed by atoms with Gasteiger partial charge in [-0.2, -0.15) is 0 Å². The molecule has 0 unspecified atom stereocenters. The summed E-state index contributed by atoms with van der Waals surface area (Å²) in [5, 5.41) is 0. The second-order valence-electron chi connectivity index (χ2n) is 4.67. The van der Waals surface area contributed by atoms with E-state index < -0.39 is 0 Å². The molecule has 3 nitrogen and oxygen atoms in total. The van der Waals surface area contributed by atoms with E-state index in [0.29, 0.717) is 4.77 Å². The Balaban J connectivity index is 2.25. The third-order valence-corrected chi connectivity index (χ3v) is 3.75. The Hall–Kier alpha value is -2.07. The number of aromatic amines is 1. The summed E-state index contributed by atoms with van der Waals surface area (Å²) in [6, 6.07) is 14.4. The highest BCUT2D eigenvalue weighted by Crippen LogP contribution is 2.24. The maximum atomic E-state index is 5.46. The van der Waals surface area contributed by atoms with Crippen LogP contribution in [-0.2, 0) is 6.42 Å². The van der Waals surface area contributed by atoms with Crippen molar-refractivity contribution in [2.75, 3.05) is 7.11 Å². The minimum absolute atomic E-state index is 0.696. The number of nitrogens with one attached hydrogen (secondary N) is 1. The number of hydrogen-bond donors (Lipinski definition) is 1. The summed E-state index contributed by atoms with van der Waals surface area (Å²) in [6.45, 7) is 2.15. The van der Waals surface area contributed by atoms with E-state index in [0.717, 1.165) is 28.9 Å². The van der Waals surface area contributed by atoms with Gasteiger partial charge in [-0.05, 0) is 48.5 Å². The number of fused-ring (bicyclic) bond motifs is 1. The van der Waals surface area contributed by atoms with Gasteiger partial charge in [0, 0.05) is 11.8 Å². The molecule has 1 heterocycles. The molecule has 0 aliphatic heterocycles. The van der Waals surface area contributed by atoms with Crippen LogP contribution < -0.4 is 4.74 Å². The first-order chi connectivity index (χ1) is 9.72. The average Bonchev–Trinajstić information content (AvgIpc) is 2.82. The topological polar surface area (TPSA) is 29.9 Å². The number of aryl methyl sites for hydroxylation is 1. The summed E-state index contributed by atoms with van der Waals surface area (Å²) >= 11 is 5.46. The van der Waals surface area contributed by atoms with Crippen LogP contribution in [0.3, 0.4) is 0 Å². The highest BCUT2D eigenvalue weighted by molar-refractivity contribution is 7.71. The van der Waals surface area contributed by atoms with E-state index in [4.69, 9.17) is 17.0 Å². The number of ether oxygens (including phenoxy) is 1. The number of methoxy groups -OCH3 is 1. The van der Waals surface area contributed by atoms with Crippen LogP contribution in [0.4, 0.5) is 0 Å². The zero-order valence-electron chi connectivity index (χ0n) is 11.5. The lowest BCUT2D eigenvalue weighted by atomic mass is 10.1. The molecule has 0 fully saturated rings. The van der Waals surface area contributed by atoms with E-state index in [2.05, 4.69) is 40.7 Å². The molecule has 3 rings (SSSR count). The second-order valence-corrected chi connectivity index (χ2v) is 5.06. The van der Waals surface area contributed by atoms with Gasteiger partial charge in [-0.3, -0.25) is 4.57 Å². The van der Waals surface area contributed by atoms with Crippen LogP contribution in [0, 0.1) is 4.77 Å². The van der Waals surface area contributed by atoms with Gasteiger partial charge in [-0.25, -0.2) is 0 Å².